The summed E-state index contributed by atoms with van der Waals surface area (Å²) in [5.74, 6) is 1.27. The van der Waals surface area contributed by atoms with Crippen molar-refractivity contribution in [2.75, 3.05) is 25.0 Å². The Hall–Kier alpha value is -2.80. The molecule has 1 aliphatic heterocycles. The van der Waals surface area contributed by atoms with E-state index in [9.17, 15) is 4.79 Å². The van der Waals surface area contributed by atoms with E-state index in [0.717, 1.165) is 73.6 Å². The summed E-state index contributed by atoms with van der Waals surface area (Å²) >= 11 is 6.46. The Morgan fingerprint density at radius 3 is 2.82 bits per heavy atom. The molecule has 3 heterocycles. The Labute approximate surface area is 199 Å². The lowest BCUT2D eigenvalue weighted by Crippen LogP contribution is -2.49. The minimum atomic E-state index is 0.0987. The zero-order valence-corrected chi connectivity index (χ0v) is 19.8. The van der Waals surface area contributed by atoms with Crippen molar-refractivity contribution in [2.24, 2.45) is 5.92 Å². The van der Waals surface area contributed by atoms with Gasteiger partial charge in [-0.05, 0) is 44.6 Å². The summed E-state index contributed by atoms with van der Waals surface area (Å²) in [5, 5.41) is 12.0. The molecule has 8 heteroatoms. The molecule has 2 N–H and O–H groups in total. The fraction of sp³-hybridized carbons (Fsp3) is 0.480. The molecule has 174 valence electrons. The van der Waals surface area contributed by atoms with Crippen LogP contribution in [0.3, 0.4) is 0 Å². The second-order valence-electron chi connectivity index (χ2n) is 9.34. The van der Waals surface area contributed by atoms with Crippen LogP contribution in [0, 0.1) is 12.8 Å². The lowest BCUT2D eigenvalue weighted by Gasteiger charge is -2.33. The van der Waals surface area contributed by atoms with Gasteiger partial charge in [0.05, 0.1) is 11.9 Å². The maximum Gasteiger partial charge on any atom is 0.317 e. The molecule has 0 bridgehead atoms. The molecule has 33 heavy (non-hydrogen) atoms. The number of aromatic nitrogens is 3. The van der Waals surface area contributed by atoms with Crippen molar-refractivity contribution in [3.63, 3.8) is 0 Å². The smallest absolute Gasteiger partial charge is 0.317 e. The Morgan fingerprint density at radius 1 is 1.18 bits per heavy atom. The molecular formula is C25H31ClN6O. The van der Waals surface area contributed by atoms with Gasteiger partial charge < -0.3 is 15.5 Å². The monoisotopic (exact) mass is 466 g/mol. The molecule has 0 spiro atoms. The lowest BCUT2D eigenvalue weighted by molar-refractivity contribution is 0.165. The van der Waals surface area contributed by atoms with Crippen LogP contribution in [0.1, 0.15) is 44.1 Å². The van der Waals surface area contributed by atoms with Crippen molar-refractivity contribution in [3.8, 4) is 11.3 Å². The number of nitrogens with one attached hydrogen (secondary N) is 2. The quantitative estimate of drug-likeness (QED) is 0.546. The average molecular weight is 467 g/mol. The average Bonchev–Trinajstić information content (AvgIpc) is 3.48. The number of hydrogen-bond acceptors (Lipinski definition) is 4. The first-order valence-corrected chi connectivity index (χ1v) is 12.4. The Bertz CT molecular complexity index is 1140. The Morgan fingerprint density at radius 2 is 2.00 bits per heavy atom. The van der Waals surface area contributed by atoms with Crippen LogP contribution in [-0.4, -0.2) is 51.2 Å². The maximum absolute atomic E-state index is 12.7. The van der Waals surface area contributed by atoms with Gasteiger partial charge in [0, 0.05) is 47.9 Å². The molecule has 2 aliphatic rings. The van der Waals surface area contributed by atoms with E-state index in [2.05, 4.69) is 15.7 Å². The molecule has 1 aliphatic carbocycles. The molecule has 0 radical (unpaired) electrons. The van der Waals surface area contributed by atoms with E-state index in [1.807, 2.05) is 52.9 Å². The maximum atomic E-state index is 12.7. The highest BCUT2D eigenvalue weighted by Crippen LogP contribution is 2.29. The van der Waals surface area contributed by atoms with Crippen molar-refractivity contribution in [2.45, 2.75) is 51.5 Å². The zero-order chi connectivity index (χ0) is 22.8. The number of nitrogens with zero attached hydrogens (tertiary/aromatic N) is 4. The molecule has 7 nitrogen and oxygen atoms in total. The Balaban J connectivity index is 1.31. The molecule has 2 fully saturated rings. The number of carbonyl (C=O) groups is 1. The van der Waals surface area contributed by atoms with E-state index in [0.29, 0.717) is 17.0 Å². The van der Waals surface area contributed by atoms with E-state index >= 15 is 0 Å². The molecule has 1 atom stereocenters. The summed E-state index contributed by atoms with van der Waals surface area (Å²) in [6.45, 7) is 4.39. The van der Waals surface area contributed by atoms with Crippen molar-refractivity contribution in [1.29, 1.82) is 0 Å². The molecule has 5 rings (SSSR count). The summed E-state index contributed by atoms with van der Waals surface area (Å²) < 4.78 is 1.85. The number of carbonyl (C=O) groups excluding carboxylic acids is 1. The highest BCUT2D eigenvalue weighted by molar-refractivity contribution is 6.33. The third kappa shape index (κ3) is 4.78. The van der Waals surface area contributed by atoms with Gasteiger partial charge in [-0.25, -0.2) is 9.78 Å². The van der Waals surface area contributed by atoms with Crippen LogP contribution >= 0.6 is 11.6 Å². The first-order valence-electron chi connectivity index (χ1n) is 12.0. The largest absolute Gasteiger partial charge is 0.370 e. The van der Waals surface area contributed by atoms with Gasteiger partial charge in [0.25, 0.3) is 0 Å². The summed E-state index contributed by atoms with van der Waals surface area (Å²) in [6.07, 6.45) is 8.63. The summed E-state index contributed by atoms with van der Waals surface area (Å²) in [4.78, 5) is 19.6. The number of aryl methyl sites for hydroxylation is 1. The number of amides is 2. The van der Waals surface area contributed by atoms with E-state index in [1.54, 1.807) is 0 Å². The van der Waals surface area contributed by atoms with E-state index in [-0.39, 0.29) is 6.03 Å². The molecule has 2 amide bonds. The van der Waals surface area contributed by atoms with Crippen LogP contribution in [0.15, 0.2) is 36.5 Å². The topological polar surface area (TPSA) is 74.6 Å². The predicted octanol–water partition coefficient (Wildman–Crippen LogP) is 5.13. The number of rotatable bonds is 5. The van der Waals surface area contributed by atoms with Crippen LogP contribution in [0.5, 0.6) is 0 Å². The lowest BCUT2D eigenvalue weighted by atomic mass is 9.98. The van der Waals surface area contributed by atoms with Crippen LogP contribution in [-0.2, 0) is 0 Å². The SMILES string of the molecule is Cc1cnn2c(NCC3CCCN(C(=O)NC4CCCC4)C3)cc(-c3ccccc3Cl)nc12. The van der Waals surface area contributed by atoms with E-state index < -0.39 is 0 Å². The highest BCUT2D eigenvalue weighted by atomic mass is 35.5. The third-order valence-electron chi connectivity index (χ3n) is 6.86. The van der Waals surface area contributed by atoms with Crippen molar-refractivity contribution in [1.82, 2.24) is 24.8 Å². The van der Waals surface area contributed by atoms with Crippen molar-refractivity contribution in [3.05, 3.63) is 47.1 Å². The van der Waals surface area contributed by atoms with Gasteiger partial charge in [0.1, 0.15) is 5.82 Å². The van der Waals surface area contributed by atoms with Crippen molar-refractivity contribution >= 4 is 29.1 Å². The second kappa shape index (κ2) is 9.59. The normalized spacial score (nSPS) is 19.2. The Kier molecular flexibility index (Phi) is 6.40. The first kappa shape index (κ1) is 22.0. The molecule has 1 saturated carbocycles. The standard InChI is InChI=1S/C25H31ClN6O/c1-17-14-28-32-23(13-22(30-24(17)32)20-10-4-5-11-21(20)26)27-15-18-7-6-12-31(16-18)25(33)29-19-8-2-3-9-19/h4-5,10-11,13-14,18-19,27H,2-3,6-9,12,15-16H2,1H3,(H,29,33). The molecule has 1 aromatic carbocycles. The van der Waals surface area contributed by atoms with Crippen LogP contribution < -0.4 is 10.6 Å². The predicted molar refractivity (Wildman–Crippen MR) is 132 cm³/mol. The minimum Gasteiger partial charge on any atom is -0.370 e. The number of anilines is 1. The molecule has 3 aromatic rings. The summed E-state index contributed by atoms with van der Waals surface area (Å²) in [7, 11) is 0. The third-order valence-corrected chi connectivity index (χ3v) is 7.19. The molecule has 2 aromatic heterocycles. The zero-order valence-electron chi connectivity index (χ0n) is 19.1. The van der Waals surface area contributed by atoms with Gasteiger partial charge in [0.15, 0.2) is 5.65 Å². The number of piperidine rings is 1. The van der Waals surface area contributed by atoms with Crippen molar-refractivity contribution < 1.29 is 4.79 Å². The minimum absolute atomic E-state index is 0.0987. The number of hydrogen-bond donors (Lipinski definition) is 2. The second-order valence-corrected chi connectivity index (χ2v) is 9.74. The van der Waals surface area contributed by atoms with Gasteiger partial charge in [-0.1, -0.05) is 42.6 Å². The summed E-state index contributed by atoms with van der Waals surface area (Å²) in [6, 6.07) is 10.2. The van der Waals surface area contributed by atoms with Crippen LogP contribution in [0.4, 0.5) is 10.6 Å². The number of fused-ring (bicyclic) bond motifs is 1. The van der Waals surface area contributed by atoms with Gasteiger partial charge in [0.2, 0.25) is 0 Å². The van der Waals surface area contributed by atoms with Gasteiger partial charge in [-0.15, -0.1) is 0 Å². The van der Waals surface area contributed by atoms with Gasteiger partial charge in [-0.3, -0.25) is 0 Å². The number of urea groups is 1. The molecule has 1 saturated heterocycles. The molecule has 1 unspecified atom stereocenters. The van der Waals surface area contributed by atoms with E-state index in [1.165, 1.54) is 12.8 Å². The van der Waals surface area contributed by atoms with E-state index in [4.69, 9.17) is 16.6 Å². The number of benzene rings is 1. The number of likely N-dealkylation sites (tertiary alicyclic amines) is 1. The van der Waals surface area contributed by atoms with Gasteiger partial charge >= 0.3 is 6.03 Å². The summed E-state index contributed by atoms with van der Waals surface area (Å²) in [5.41, 5.74) is 3.55. The first-order chi connectivity index (χ1) is 16.1. The number of halogens is 1. The highest BCUT2D eigenvalue weighted by Gasteiger charge is 2.26. The van der Waals surface area contributed by atoms with Crippen LogP contribution in [0.2, 0.25) is 5.02 Å². The van der Waals surface area contributed by atoms with Crippen LogP contribution in [0.25, 0.3) is 16.9 Å². The van der Waals surface area contributed by atoms with Gasteiger partial charge in [-0.2, -0.15) is 9.61 Å². The fourth-order valence-electron chi connectivity index (χ4n) is 5.01. The fourth-order valence-corrected chi connectivity index (χ4v) is 5.24. The molecular weight excluding hydrogens is 436 g/mol.